The van der Waals surface area contributed by atoms with Crippen LogP contribution in [0.2, 0.25) is 0 Å². The highest BCUT2D eigenvalue weighted by Crippen LogP contribution is 2.66. The summed E-state index contributed by atoms with van der Waals surface area (Å²) in [4.78, 5) is 48.3. The van der Waals surface area contributed by atoms with Gasteiger partial charge in [-0.3, -0.25) is 9.42 Å². The maximum absolute atomic E-state index is 11.9. The number of carbonyl (C=O) groups excluding carboxylic acids is 1. The van der Waals surface area contributed by atoms with E-state index in [-0.39, 0.29) is 6.54 Å². The maximum atomic E-state index is 11.9. The number of urea groups is 1. The summed E-state index contributed by atoms with van der Waals surface area (Å²) in [5.74, 6) is 0. The molecule has 2 saturated heterocycles. The number of nitrogens with one attached hydrogen (secondary N) is 1. The minimum Gasteiger partial charge on any atom is -0.387 e. The van der Waals surface area contributed by atoms with Gasteiger partial charge in [0.1, 0.15) is 18.3 Å². The van der Waals surface area contributed by atoms with E-state index < -0.39 is 66.8 Å². The summed E-state index contributed by atoms with van der Waals surface area (Å²) < 4.78 is 50.2. The Morgan fingerprint density at radius 2 is 1.72 bits per heavy atom. The van der Waals surface area contributed by atoms with Crippen molar-refractivity contribution in [3.8, 4) is 0 Å². The number of hydrogen-bond donors (Lipinski definition) is 8. The normalized spacial score (nSPS) is 35.1. The van der Waals surface area contributed by atoms with Crippen molar-refractivity contribution < 1.29 is 66.2 Å². The third-order valence-corrected chi connectivity index (χ3v) is 7.52. The van der Waals surface area contributed by atoms with Crippen LogP contribution in [0.4, 0.5) is 4.79 Å². The topological polar surface area (TPSA) is 268 Å². The molecule has 2 unspecified atom stereocenters. The van der Waals surface area contributed by atoms with E-state index in [0.29, 0.717) is 6.42 Å². The molecule has 2 amide bonds. The van der Waals surface area contributed by atoms with Gasteiger partial charge in [-0.1, -0.05) is 0 Å². The Morgan fingerprint density at radius 3 is 2.28 bits per heavy atom. The van der Waals surface area contributed by atoms with Crippen molar-refractivity contribution in [2.45, 2.75) is 37.1 Å². The van der Waals surface area contributed by atoms with E-state index in [1.807, 2.05) is 0 Å². The lowest BCUT2D eigenvalue weighted by Gasteiger charge is -2.35. The van der Waals surface area contributed by atoms with Crippen molar-refractivity contribution in [3.63, 3.8) is 0 Å². The van der Waals surface area contributed by atoms with Crippen molar-refractivity contribution in [2.24, 2.45) is 5.73 Å². The molecule has 2 fully saturated rings. The van der Waals surface area contributed by atoms with Crippen LogP contribution >= 0.6 is 23.5 Å². The third kappa shape index (κ3) is 7.02. The Kier molecular flexibility index (Phi) is 7.64. The van der Waals surface area contributed by atoms with Crippen LogP contribution < -0.4 is 11.1 Å². The van der Waals surface area contributed by atoms with E-state index in [1.165, 1.54) is 0 Å². The number of amides is 2. The Bertz CT molecular complexity index is 760. The first-order valence-corrected chi connectivity index (χ1v) is 12.2. The monoisotopic (exact) mass is 487 g/mol. The van der Waals surface area contributed by atoms with Gasteiger partial charge in [-0.05, 0) is 6.42 Å². The number of rotatable bonds is 8. The SMILES string of the molecule is N[C@@H]1CCN([C@H]2O[C@@H](COP(=O)(O)OP(=O)(O)OP(=O)(O)O)[C@H](O)[C@@H]2O)C(=O)N1. The minimum absolute atomic E-state index is 0.0734. The molecule has 0 aliphatic carbocycles. The number of aliphatic hydroxyl groups excluding tert-OH is 2. The van der Waals surface area contributed by atoms with Gasteiger partial charge >= 0.3 is 29.5 Å². The first kappa shape index (κ1) is 24.8. The summed E-state index contributed by atoms with van der Waals surface area (Å²) in [6.07, 6.45) is -6.47. The molecule has 0 aromatic heterocycles. The molecule has 0 spiro atoms. The van der Waals surface area contributed by atoms with Gasteiger partial charge in [0, 0.05) is 6.54 Å². The summed E-state index contributed by atoms with van der Waals surface area (Å²) in [5.41, 5.74) is 5.55. The molecule has 0 aromatic rings. The molecule has 2 heterocycles. The van der Waals surface area contributed by atoms with E-state index in [4.69, 9.17) is 25.2 Å². The molecule has 0 aromatic carbocycles. The molecule has 20 heteroatoms. The Morgan fingerprint density at radius 1 is 1.10 bits per heavy atom. The highest BCUT2D eigenvalue weighted by atomic mass is 31.3. The molecule has 0 saturated carbocycles. The van der Waals surface area contributed by atoms with Gasteiger partial charge in [-0.25, -0.2) is 18.5 Å². The number of phosphoric ester groups is 1. The second-order valence-corrected chi connectivity index (χ2v) is 10.4. The van der Waals surface area contributed by atoms with Gasteiger partial charge in [0.2, 0.25) is 0 Å². The lowest BCUT2D eigenvalue weighted by atomic mass is 10.1. The predicted octanol–water partition coefficient (Wildman–Crippen LogP) is -2.52. The molecule has 0 bridgehead atoms. The zero-order valence-electron chi connectivity index (χ0n) is 14.3. The lowest BCUT2D eigenvalue weighted by molar-refractivity contribution is -0.0828. The molecule has 2 aliphatic heterocycles. The average molecular weight is 487 g/mol. The maximum Gasteiger partial charge on any atom is 0.490 e. The Labute approximate surface area is 162 Å². The van der Waals surface area contributed by atoms with Gasteiger partial charge in [0.25, 0.3) is 0 Å². The van der Waals surface area contributed by atoms with Crippen LogP contribution in [0.25, 0.3) is 0 Å². The van der Waals surface area contributed by atoms with Gasteiger partial charge in [-0.2, -0.15) is 8.62 Å². The predicted molar refractivity (Wildman–Crippen MR) is 88.3 cm³/mol. The summed E-state index contributed by atoms with van der Waals surface area (Å²) in [7, 11) is -16.7. The standard InChI is InChI=1S/C9H20N3O14P3/c10-5-1-2-12(9(15)11-5)8-7(14)6(13)4(24-8)3-23-28(19,20)26-29(21,22)25-27(16,17)18/h4-8,13-14H,1-3,10H2,(H,11,15)(H,19,20)(H,21,22)(H2,16,17,18)/t4-,5-,6-,7-,8-/m0/s1. The van der Waals surface area contributed by atoms with Crippen molar-refractivity contribution in [3.05, 3.63) is 0 Å². The number of nitrogens with two attached hydrogens (primary N) is 1. The number of carbonyl (C=O) groups is 1. The molecule has 2 rings (SSSR count). The third-order valence-electron chi connectivity index (χ3n) is 3.71. The van der Waals surface area contributed by atoms with Crippen molar-refractivity contribution in [2.75, 3.05) is 13.2 Å². The van der Waals surface area contributed by atoms with Crippen molar-refractivity contribution >= 4 is 29.5 Å². The first-order chi connectivity index (χ1) is 13.1. The van der Waals surface area contributed by atoms with Gasteiger partial charge in [0.05, 0.1) is 12.8 Å². The zero-order valence-corrected chi connectivity index (χ0v) is 17.0. The molecule has 29 heavy (non-hydrogen) atoms. The fourth-order valence-corrected chi connectivity index (χ4v) is 5.56. The smallest absolute Gasteiger partial charge is 0.387 e. The van der Waals surface area contributed by atoms with Crippen LogP contribution in [0.1, 0.15) is 6.42 Å². The largest absolute Gasteiger partial charge is 0.490 e. The molecule has 9 N–H and O–H groups in total. The van der Waals surface area contributed by atoms with E-state index in [9.17, 15) is 33.6 Å². The fourth-order valence-electron chi connectivity index (χ4n) is 2.53. The second-order valence-electron chi connectivity index (χ2n) is 5.97. The van der Waals surface area contributed by atoms with E-state index in [1.54, 1.807) is 0 Å². The van der Waals surface area contributed by atoms with Gasteiger partial charge in [-0.15, -0.1) is 0 Å². The van der Waals surface area contributed by atoms with Crippen molar-refractivity contribution in [1.82, 2.24) is 10.2 Å². The number of hydrogen-bond acceptors (Lipinski definition) is 11. The van der Waals surface area contributed by atoms with E-state index >= 15 is 0 Å². The van der Waals surface area contributed by atoms with Crippen LogP contribution in [0.3, 0.4) is 0 Å². The molecule has 0 radical (unpaired) electrons. The summed E-state index contributed by atoms with van der Waals surface area (Å²) in [6, 6.07) is -0.687. The Balaban J connectivity index is 1.96. The van der Waals surface area contributed by atoms with Crippen LogP contribution in [-0.4, -0.2) is 84.6 Å². The van der Waals surface area contributed by atoms with E-state index in [0.717, 1.165) is 4.90 Å². The van der Waals surface area contributed by atoms with Crippen molar-refractivity contribution in [1.29, 1.82) is 0 Å². The molecule has 170 valence electrons. The van der Waals surface area contributed by atoms with Gasteiger partial charge < -0.3 is 45.6 Å². The van der Waals surface area contributed by atoms with Crippen LogP contribution in [-0.2, 0) is 31.6 Å². The number of phosphoric acid groups is 3. The number of ether oxygens (including phenoxy) is 1. The second kappa shape index (κ2) is 8.94. The number of nitrogens with zero attached hydrogens (tertiary/aromatic N) is 1. The number of aliphatic hydroxyl groups is 2. The molecule has 7 atom stereocenters. The zero-order chi connectivity index (χ0) is 22.2. The summed E-state index contributed by atoms with van der Waals surface area (Å²) >= 11 is 0. The first-order valence-electron chi connectivity index (χ1n) is 7.73. The summed E-state index contributed by atoms with van der Waals surface area (Å²) in [5, 5.41) is 22.4. The van der Waals surface area contributed by atoms with Gasteiger partial charge in [0.15, 0.2) is 6.23 Å². The molecule has 17 nitrogen and oxygen atoms in total. The average Bonchev–Trinajstić information content (AvgIpc) is 2.78. The van der Waals surface area contributed by atoms with Crippen LogP contribution in [0.5, 0.6) is 0 Å². The fraction of sp³-hybridized carbons (Fsp3) is 0.889. The molecule has 2 aliphatic rings. The Hall–Kier alpha value is -0.480. The lowest BCUT2D eigenvalue weighted by Crippen LogP contribution is -2.60. The highest BCUT2D eigenvalue weighted by molar-refractivity contribution is 7.66. The summed E-state index contributed by atoms with van der Waals surface area (Å²) in [6.45, 7) is -0.905. The highest BCUT2D eigenvalue weighted by Gasteiger charge is 2.49. The molecular formula is C9H20N3O14P3. The van der Waals surface area contributed by atoms with Crippen LogP contribution in [0.15, 0.2) is 0 Å². The van der Waals surface area contributed by atoms with Crippen LogP contribution in [0, 0.1) is 0 Å². The van der Waals surface area contributed by atoms with E-state index in [2.05, 4.69) is 18.5 Å². The molecular weight excluding hydrogens is 467 g/mol. The minimum atomic E-state index is -5.70. The quantitative estimate of drug-likeness (QED) is 0.164.